The highest BCUT2D eigenvalue weighted by Gasteiger charge is 2.56. The van der Waals surface area contributed by atoms with Gasteiger partial charge in [0.15, 0.2) is 11.5 Å². The van der Waals surface area contributed by atoms with Crippen molar-refractivity contribution in [3.8, 4) is 0 Å². The fourth-order valence-electron chi connectivity index (χ4n) is 6.74. The van der Waals surface area contributed by atoms with Crippen molar-refractivity contribution in [1.29, 1.82) is 0 Å². The number of hydrogen-bond donors (Lipinski definition) is 0. The number of halogens is 4. The lowest BCUT2D eigenvalue weighted by atomic mass is 9.77. The van der Waals surface area contributed by atoms with Crippen LogP contribution in [0.4, 0.5) is 0 Å². The van der Waals surface area contributed by atoms with Gasteiger partial charge in [0.2, 0.25) is 0 Å². The smallest absolute Gasteiger partial charge is 0.323 e. The second-order valence-corrected chi connectivity index (χ2v) is 13.2. The Morgan fingerprint density at radius 3 is 1.20 bits per heavy atom. The van der Waals surface area contributed by atoms with E-state index in [1.807, 2.05) is 0 Å². The Kier molecular flexibility index (Phi) is 10.3. The first kappa shape index (κ1) is 36.2. The van der Waals surface area contributed by atoms with Gasteiger partial charge in [0.05, 0.1) is 35.4 Å². The monoisotopic (exact) mass is 764 g/mol. The van der Waals surface area contributed by atoms with E-state index in [4.69, 9.17) is 60.6 Å². The first-order valence-corrected chi connectivity index (χ1v) is 16.9. The Labute approximate surface area is 313 Å². The van der Waals surface area contributed by atoms with Gasteiger partial charge in [-0.1, -0.05) is 107 Å². The molecule has 6 rings (SSSR count). The third-order valence-electron chi connectivity index (χ3n) is 8.95. The summed E-state index contributed by atoms with van der Waals surface area (Å²) < 4.78 is 18.7. The summed E-state index contributed by atoms with van der Waals surface area (Å²) in [6, 6.07) is 26.4. The minimum absolute atomic E-state index is 0.0908. The molecule has 0 amide bonds. The average molecular weight is 766 g/mol. The van der Waals surface area contributed by atoms with Crippen LogP contribution in [-0.2, 0) is 25.3 Å². The van der Waals surface area contributed by atoms with E-state index in [-0.39, 0.29) is 53.9 Å². The zero-order chi connectivity index (χ0) is 36.5. The molecule has 0 saturated carbocycles. The molecule has 0 aromatic heterocycles. The molecule has 260 valence electrons. The van der Waals surface area contributed by atoms with E-state index in [1.54, 1.807) is 97.1 Å². The number of ether oxygens (including phenoxy) is 3. The van der Waals surface area contributed by atoms with Crippen LogP contribution in [0.1, 0.15) is 22.3 Å². The van der Waals surface area contributed by atoms with Gasteiger partial charge in [0.25, 0.3) is 0 Å². The van der Waals surface area contributed by atoms with Gasteiger partial charge in [-0.2, -0.15) is 0 Å². The van der Waals surface area contributed by atoms with E-state index < -0.39 is 33.1 Å². The standard InChI is InChI=1S/C38H28Cl4N2O7/c1-49-35-33(23-11-3-7-15-27(23)39)31(19-21-37(35,43(45)46)25-13-5-9-17-29(25)41)51-32-20-22-38(44(47)48,26-14-6-10-18-30(26)42)36(50-2)34(32)24-12-4-8-16-28(24)40/h3-22,31-32H,1-2H3. The molecule has 0 heterocycles. The molecular weight excluding hydrogens is 738 g/mol. The van der Waals surface area contributed by atoms with E-state index in [9.17, 15) is 20.2 Å². The summed E-state index contributed by atoms with van der Waals surface area (Å²) in [6.45, 7) is 0. The Hall–Kier alpha value is -4.64. The van der Waals surface area contributed by atoms with Crippen molar-refractivity contribution in [2.24, 2.45) is 0 Å². The summed E-state index contributed by atoms with van der Waals surface area (Å²) in [5, 5.41) is 27.2. The van der Waals surface area contributed by atoms with E-state index in [0.29, 0.717) is 11.1 Å². The quantitative estimate of drug-likeness (QED) is 0.0897. The van der Waals surface area contributed by atoms with Crippen LogP contribution in [0, 0.1) is 20.2 Å². The molecule has 51 heavy (non-hydrogen) atoms. The number of benzene rings is 4. The Morgan fingerprint density at radius 1 is 0.549 bits per heavy atom. The van der Waals surface area contributed by atoms with Crippen molar-refractivity contribution in [3.63, 3.8) is 0 Å². The fraction of sp³-hybridized carbons (Fsp3) is 0.158. The minimum Gasteiger partial charge on any atom is -0.493 e. The SMILES string of the molecule is COC1=C(c2ccccc2Cl)C(OC2C=CC(c3ccccc3Cl)([N+](=O)[O-])C(OC)=C2c2ccccc2Cl)C=CC1(c1ccccc1Cl)[N+](=O)[O-]. The molecule has 0 aliphatic heterocycles. The molecule has 0 N–H and O–H groups in total. The normalized spacial score (nSPS) is 22.9. The Bertz CT molecular complexity index is 2020. The van der Waals surface area contributed by atoms with Crippen LogP contribution in [0.15, 0.2) is 133 Å². The van der Waals surface area contributed by atoms with Crippen LogP contribution in [0.25, 0.3) is 11.1 Å². The number of methoxy groups -OCH3 is 2. The molecule has 4 aromatic carbocycles. The minimum atomic E-state index is -2.08. The van der Waals surface area contributed by atoms with Gasteiger partial charge < -0.3 is 14.2 Å². The van der Waals surface area contributed by atoms with E-state index in [0.717, 1.165) is 0 Å². The lowest BCUT2D eigenvalue weighted by molar-refractivity contribution is -0.557. The maximum absolute atomic E-state index is 13.2. The summed E-state index contributed by atoms with van der Waals surface area (Å²) >= 11 is 26.7. The average Bonchev–Trinajstić information content (AvgIpc) is 3.12. The summed E-state index contributed by atoms with van der Waals surface area (Å²) in [5.41, 5.74) is -2.54. The lowest BCUT2D eigenvalue weighted by Crippen LogP contribution is -2.43. The summed E-state index contributed by atoms with van der Waals surface area (Å²) in [6.07, 6.45) is 3.66. The second kappa shape index (κ2) is 14.5. The summed E-state index contributed by atoms with van der Waals surface area (Å²) in [7, 11) is 2.65. The Morgan fingerprint density at radius 2 is 0.882 bits per heavy atom. The van der Waals surface area contributed by atoms with Gasteiger partial charge in [-0.3, -0.25) is 20.2 Å². The highest BCUT2D eigenvalue weighted by molar-refractivity contribution is 6.33. The van der Waals surface area contributed by atoms with Gasteiger partial charge in [-0.25, -0.2) is 0 Å². The predicted molar refractivity (Wildman–Crippen MR) is 198 cm³/mol. The molecule has 0 saturated heterocycles. The lowest BCUT2D eigenvalue weighted by Gasteiger charge is -2.37. The highest BCUT2D eigenvalue weighted by atomic mass is 35.5. The summed E-state index contributed by atoms with van der Waals surface area (Å²) in [4.78, 5) is 25.4. The first-order valence-electron chi connectivity index (χ1n) is 15.4. The highest BCUT2D eigenvalue weighted by Crippen LogP contribution is 2.51. The number of rotatable bonds is 10. The first-order chi connectivity index (χ1) is 24.5. The number of nitrogens with zero attached hydrogens (tertiary/aromatic N) is 2. The van der Waals surface area contributed by atoms with Gasteiger partial charge in [0.1, 0.15) is 12.2 Å². The van der Waals surface area contributed by atoms with E-state index in [2.05, 4.69) is 0 Å². The largest absolute Gasteiger partial charge is 0.493 e. The van der Waals surface area contributed by atoms with Crippen LogP contribution in [0.2, 0.25) is 20.1 Å². The molecule has 2 aliphatic rings. The molecular formula is C38H28Cl4N2O7. The van der Waals surface area contributed by atoms with Crippen LogP contribution in [-0.4, -0.2) is 36.3 Å². The number of nitro groups is 2. The van der Waals surface area contributed by atoms with E-state index >= 15 is 0 Å². The van der Waals surface area contributed by atoms with Crippen molar-refractivity contribution in [2.45, 2.75) is 23.3 Å². The van der Waals surface area contributed by atoms with Crippen molar-refractivity contribution in [2.75, 3.05) is 14.2 Å². The molecule has 0 radical (unpaired) electrons. The van der Waals surface area contributed by atoms with Crippen LogP contribution in [0.3, 0.4) is 0 Å². The topological polar surface area (TPSA) is 114 Å². The van der Waals surface area contributed by atoms with Gasteiger partial charge in [0, 0.05) is 54.3 Å². The van der Waals surface area contributed by atoms with Gasteiger partial charge in [-0.05, 0) is 48.6 Å². The van der Waals surface area contributed by atoms with Crippen molar-refractivity contribution < 1.29 is 24.1 Å². The third kappa shape index (κ3) is 5.99. The zero-order valence-electron chi connectivity index (χ0n) is 27.0. The molecule has 0 bridgehead atoms. The Balaban J connectivity index is 1.61. The number of hydrogen-bond acceptors (Lipinski definition) is 7. The molecule has 9 nitrogen and oxygen atoms in total. The van der Waals surface area contributed by atoms with Gasteiger partial charge >= 0.3 is 11.1 Å². The maximum Gasteiger partial charge on any atom is 0.323 e. The van der Waals surface area contributed by atoms with E-state index in [1.165, 1.54) is 38.5 Å². The van der Waals surface area contributed by atoms with Crippen molar-refractivity contribution in [1.82, 2.24) is 0 Å². The van der Waals surface area contributed by atoms with Crippen LogP contribution < -0.4 is 0 Å². The molecule has 0 fully saturated rings. The molecule has 0 spiro atoms. The van der Waals surface area contributed by atoms with Crippen LogP contribution in [0.5, 0.6) is 0 Å². The maximum atomic E-state index is 13.2. The molecule has 13 heteroatoms. The van der Waals surface area contributed by atoms with Crippen molar-refractivity contribution in [3.05, 3.63) is 195 Å². The zero-order valence-corrected chi connectivity index (χ0v) is 30.0. The van der Waals surface area contributed by atoms with Crippen molar-refractivity contribution >= 4 is 57.5 Å². The predicted octanol–water partition coefficient (Wildman–Crippen LogP) is 9.95. The molecule has 4 atom stereocenters. The summed E-state index contributed by atoms with van der Waals surface area (Å²) in [5.74, 6) is -0.182. The molecule has 2 aliphatic carbocycles. The third-order valence-corrected chi connectivity index (χ3v) is 10.3. The molecule has 4 unspecified atom stereocenters. The fourth-order valence-corrected chi connectivity index (χ4v) is 7.78. The second-order valence-electron chi connectivity index (χ2n) is 11.6. The van der Waals surface area contributed by atoms with Crippen LogP contribution >= 0.6 is 46.4 Å². The van der Waals surface area contributed by atoms with Gasteiger partial charge in [-0.15, -0.1) is 0 Å². The molecule has 4 aromatic rings.